The van der Waals surface area contributed by atoms with Crippen LogP contribution in [0, 0.1) is 6.92 Å². The van der Waals surface area contributed by atoms with Crippen LogP contribution in [0.4, 0.5) is 0 Å². The van der Waals surface area contributed by atoms with Gasteiger partial charge in [-0.05, 0) is 12.8 Å². The van der Waals surface area contributed by atoms with E-state index < -0.39 is 0 Å². The van der Waals surface area contributed by atoms with Crippen molar-refractivity contribution in [2.24, 2.45) is 0 Å². The van der Waals surface area contributed by atoms with Crippen molar-refractivity contribution in [2.75, 3.05) is 0 Å². The molecule has 68 valence electrons. The van der Waals surface area contributed by atoms with Gasteiger partial charge in [0.15, 0.2) is 5.58 Å². The first-order valence-electron chi connectivity index (χ1n) is 4.40. The van der Waals surface area contributed by atoms with Gasteiger partial charge in [0.25, 0.3) is 0 Å². The number of fused-ring (bicyclic) bond motifs is 1. The van der Waals surface area contributed by atoms with Crippen molar-refractivity contribution in [3.8, 4) is 0 Å². The van der Waals surface area contributed by atoms with Crippen LogP contribution < -0.4 is 0 Å². The van der Waals surface area contributed by atoms with E-state index in [9.17, 15) is 0 Å². The maximum absolute atomic E-state index is 5.15. The number of hydrogen-bond donors (Lipinski definition) is 0. The average Bonchev–Trinajstić information content (AvgIpc) is 2.47. The summed E-state index contributed by atoms with van der Waals surface area (Å²) in [6.45, 7) is 6.14. The molecule has 2 aromatic rings. The molecule has 0 atom stereocenters. The zero-order valence-electron chi connectivity index (χ0n) is 8.03. The molecule has 0 bridgehead atoms. The molecule has 0 spiro atoms. The summed E-state index contributed by atoms with van der Waals surface area (Å²) in [4.78, 5) is 4.34. The predicted molar refractivity (Wildman–Crippen MR) is 50.6 cm³/mol. The van der Waals surface area contributed by atoms with Gasteiger partial charge in [0, 0.05) is 18.0 Å². The molecule has 0 saturated heterocycles. The fraction of sp³-hybridized carbons (Fsp3) is 0.400. The molecule has 0 aliphatic rings. The molecular formula is C10H12N2O. The van der Waals surface area contributed by atoms with E-state index >= 15 is 0 Å². The average molecular weight is 176 g/mol. The molecule has 13 heavy (non-hydrogen) atoms. The van der Waals surface area contributed by atoms with E-state index in [1.165, 1.54) is 0 Å². The lowest BCUT2D eigenvalue weighted by molar-refractivity contribution is 0.450. The number of hydrogen-bond acceptors (Lipinski definition) is 3. The second-order valence-electron chi connectivity index (χ2n) is 3.53. The van der Waals surface area contributed by atoms with E-state index in [-0.39, 0.29) is 0 Å². The molecule has 3 nitrogen and oxygen atoms in total. The minimum atomic E-state index is 0.426. The van der Waals surface area contributed by atoms with E-state index in [1.807, 2.05) is 19.2 Å². The Bertz CT molecular complexity index is 431. The largest absolute Gasteiger partial charge is 0.356 e. The van der Waals surface area contributed by atoms with Crippen molar-refractivity contribution in [3.63, 3.8) is 0 Å². The Morgan fingerprint density at radius 2 is 2.15 bits per heavy atom. The first-order valence-corrected chi connectivity index (χ1v) is 4.40. The van der Waals surface area contributed by atoms with Crippen LogP contribution in [0.2, 0.25) is 0 Å². The lowest BCUT2D eigenvalue weighted by atomic mass is 10.1. The maximum atomic E-state index is 5.15. The predicted octanol–water partition coefficient (Wildman–Crippen LogP) is 2.65. The highest BCUT2D eigenvalue weighted by Crippen LogP contribution is 2.20. The molecule has 0 unspecified atom stereocenters. The van der Waals surface area contributed by atoms with E-state index in [2.05, 4.69) is 24.0 Å². The molecule has 0 saturated carbocycles. The van der Waals surface area contributed by atoms with Crippen LogP contribution in [-0.4, -0.2) is 10.1 Å². The summed E-state index contributed by atoms with van der Waals surface area (Å²) >= 11 is 0. The van der Waals surface area contributed by atoms with Gasteiger partial charge < -0.3 is 4.52 Å². The van der Waals surface area contributed by atoms with Gasteiger partial charge in [-0.3, -0.25) is 4.98 Å². The van der Waals surface area contributed by atoms with Gasteiger partial charge in [-0.1, -0.05) is 19.0 Å². The number of aryl methyl sites for hydroxylation is 1. The number of nitrogens with zero attached hydrogens (tertiary/aromatic N) is 2. The summed E-state index contributed by atoms with van der Waals surface area (Å²) in [7, 11) is 0. The molecule has 0 fully saturated rings. The summed E-state index contributed by atoms with van der Waals surface area (Å²) in [5, 5.41) is 4.89. The minimum absolute atomic E-state index is 0.426. The summed E-state index contributed by atoms with van der Waals surface area (Å²) in [6.07, 6.45) is 1.83. The minimum Gasteiger partial charge on any atom is -0.356 e. The Balaban J connectivity index is 2.63. The second-order valence-corrected chi connectivity index (χ2v) is 3.53. The topological polar surface area (TPSA) is 38.9 Å². The first kappa shape index (κ1) is 8.23. The summed E-state index contributed by atoms with van der Waals surface area (Å²) < 4.78 is 5.15. The molecule has 0 amide bonds. The molecule has 2 rings (SSSR count). The highest BCUT2D eigenvalue weighted by molar-refractivity contribution is 5.78. The fourth-order valence-electron chi connectivity index (χ4n) is 1.28. The van der Waals surface area contributed by atoms with Crippen LogP contribution >= 0.6 is 0 Å². The van der Waals surface area contributed by atoms with E-state index in [0.29, 0.717) is 5.92 Å². The second kappa shape index (κ2) is 2.83. The van der Waals surface area contributed by atoms with Gasteiger partial charge >= 0.3 is 0 Å². The fourth-order valence-corrected chi connectivity index (χ4v) is 1.28. The molecule has 0 aliphatic heterocycles. The van der Waals surface area contributed by atoms with Crippen molar-refractivity contribution in [3.05, 3.63) is 23.7 Å². The number of aromatic nitrogens is 2. The van der Waals surface area contributed by atoms with Gasteiger partial charge in [-0.2, -0.15) is 0 Å². The van der Waals surface area contributed by atoms with Crippen LogP contribution in [0.25, 0.3) is 11.0 Å². The van der Waals surface area contributed by atoms with E-state index in [0.717, 1.165) is 22.4 Å². The first-order chi connectivity index (χ1) is 6.18. The molecule has 2 aromatic heterocycles. The molecule has 0 aliphatic carbocycles. The van der Waals surface area contributed by atoms with Crippen molar-refractivity contribution in [2.45, 2.75) is 26.7 Å². The third-order valence-electron chi connectivity index (χ3n) is 2.15. The van der Waals surface area contributed by atoms with Crippen LogP contribution in [0.15, 0.2) is 16.8 Å². The summed E-state index contributed by atoms with van der Waals surface area (Å²) in [6, 6.07) is 1.96. The van der Waals surface area contributed by atoms with Crippen LogP contribution in [-0.2, 0) is 0 Å². The lowest BCUT2D eigenvalue weighted by Gasteiger charge is -2.01. The molecular weight excluding hydrogens is 164 g/mol. The zero-order chi connectivity index (χ0) is 9.42. The Hall–Kier alpha value is -1.38. The van der Waals surface area contributed by atoms with Gasteiger partial charge in [-0.15, -0.1) is 0 Å². The molecule has 2 heterocycles. The zero-order valence-corrected chi connectivity index (χ0v) is 8.03. The highest BCUT2D eigenvalue weighted by Gasteiger charge is 2.07. The van der Waals surface area contributed by atoms with Crippen molar-refractivity contribution >= 4 is 11.0 Å². The van der Waals surface area contributed by atoms with Crippen LogP contribution in [0.5, 0.6) is 0 Å². The van der Waals surface area contributed by atoms with Crippen molar-refractivity contribution < 1.29 is 4.52 Å². The monoisotopic (exact) mass is 176 g/mol. The Morgan fingerprint density at radius 1 is 1.38 bits per heavy atom. The normalized spacial score (nSPS) is 11.4. The Morgan fingerprint density at radius 3 is 2.85 bits per heavy atom. The quantitative estimate of drug-likeness (QED) is 0.670. The molecule has 0 aromatic carbocycles. The van der Waals surface area contributed by atoms with Crippen molar-refractivity contribution in [1.29, 1.82) is 0 Å². The smallest absolute Gasteiger partial charge is 0.170 e. The van der Waals surface area contributed by atoms with Gasteiger partial charge in [0.05, 0.1) is 11.1 Å². The molecule has 3 heteroatoms. The molecule has 0 radical (unpaired) electrons. The molecule has 0 N–H and O–H groups in total. The summed E-state index contributed by atoms with van der Waals surface area (Å²) in [5.41, 5.74) is 2.78. The maximum Gasteiger partial charge on any atom is 0.170 e. The lowest BCUT2D eigenvalue weighted by Crippen LogP contribution is -1.90. The van der Waals surface area contributed by atoms with Gasteiger partial charge in [-0.25, -0.2) is 0 Å². The van der Waals surface area contributed by atoms with Gasteiger partial charge in [0.1, 0.15) is 0 Å². The Labute approximate surface area is 76.8 Å². The number of pyridine rings is 1. The SMILES string of the molecule is Cc1noc2cc(C(C)C)ncc12. The highest BCUT2D eigenvalue weighted by atomic mass is 16.5. The van der Waals surface area contributed by atoms with Crippen LogP contribution in [0.1, 0.15) is 31.2 Å². The summed E-state index contributed by atoms with van der Waals surface area (Å²) in [5.74, 6) is 0.426. The third kappa shape index (κ3) is 1.30. The van der Waals surface area contributed by atoms with E-state index in [4.69, 9.17) is 4.52 Å². The van der Waals surface area contributed by atoms with E-state index in [1.54, 1.807) is 0 Å². The van der Waals surface area contributed by atoms with Crippen molar-refractivity contribution in [1.82, 2.24) is 10.1 Å². The number of rotatable bonds is 1. The standard InChI is InChI=1S/C10H12N2O/c1-6(2)9-4-10-8(5-11-9)7(3)12-13-10/h4-6H,1-3H3. The van der Waals surface area contributed by atoms with Crippen LogP contribution in [0.3, 0.4) is 0 Å². The Kier molecular flexibility index (Phi) is 1.79. The third-order valence-corrected chi connectivity index (χ3v) is 2.15. The van der Waals surface area contributed by atoms with Gasteiger partial charge in [0.2, 0.25) is 0 Å².